The molecule has 0 amide bonds. The maximum absolute atomic E-state index is 13.5. The molecule has 0 atom stereocenters. The number of allylic oxidation sites excluding steroid dienone is 4. The molecule has 0 aromatic heterocycles. The van der Waals surface area contributed by atoms with Crippen molar-refractivity contribution in [1.29, 1.82) is 0 Å². The Balaban J connectivity index is 1.65. The minimum absolute atomic E-state index is 0.0169. The molecule has 4 aromatic rings. The van der Waals surface area contributed by atoms with Crippen LogP contribution in [0.4, 0.5) is 0 Å². The molecule has 4 aromatic carbocycles. The van der Waals surface area contributed by atoms with Crippen molar-refractivity contribution in [3.63, 3.8) is 0 Å². The predicted molar refractivity (Wildman–Crippen MR) is 148 cm³/mol. The molecule has 4 heteroatoms. The fourth-order valence-corrected chi connectivity index (χ4v) is 4.75. The number of benzene rings is 4. The number of fused-ring (bicyclic) bond motifs is 1. The van der Waals surface area contributed by atoms with E-state index in [9.17, 15) is 9.59 Å². The van der Waals surface area contributed by atoms with Crippen molar-refractivity contribution in [2.45, 2.75) is 12.8 Å². The molecular weight excluding hydrogens is 487 g/mol. The van der Waals surface area contributed by atoms with E-state index in [0.29, 0.717) is 27.6 Å². The first kappa shape index (κ1) is 24.0. The summed E-state index contributed by atoms with van der Waals surface area (Å²) >= 11 is 12.2. The van der Waals surface area contributed by atoms with Crippen molar-refractivity contribution in [1.82, 2.24) is 0 Å². The number of carbonyl (C=O) groups excluding carboxylic acids is 2. The normalized spacial score (nSPS) is 14.5. The summed E-state index contributed by atoms with van der Waals surface area (Å²) in [5.41, 5.74) is 6.48. The molecule has 5 rings (SSSR count). The molecule has 0 heterocycles. The maximum Gasteiger partial charge on any atom is 0.190 e. The van der Waals surface area contributed by atoms with Crippen molar-refractivity contribution in [3.8, 4) is 0 Å². The molecule has 0 N–H and O–H groups in total. The second-order valence-electron chi connectivity index (χ2n) is 8.70. The van der Waals surface area contributed by atoms with Gasteiger partial charge in [-0.25, -0.2) is 0 Å². The molecule has 0 saturated carbocycles. The van der Waals surface area contributed by atoms with Gasteiger partial charge in [0.2, 0.25) is 0 Å². The molecule has 0 aliphatic heterocycles. The van der Waals surface area contributed by atoms with E-state index < -0.39 is 0 Å². The van der Waals surface area contributed by atoms with Gasteiger partial charge in [0.05, 0.1) is 0 Å². The van der Waals surface area contributed by atoms with Crippen molar-refractivity contribution in [3.05, 3.63) is 153 Å². The van der Waals surface area contributed by atoms with Gasteiger partial charge >= 0.3 is 0 Å². The Morgan fingerprint density at radius 3 is 1.92 bits per heavy atom. The molecule has 2 nitrogen and oxygen atoms in total. The van der Waals surface area contributed by atoms with E-state index in [2.05, 4.69) is 0 Å². The molecule has 176 valence electrons. The highest BCUT2D eigenvalue weighted by Gasteiger charge is 2.27. The van der Waals surface area contributed by atoms with Crippen LogP contribution in [0.1, 0.15) is 43.8 Å². The minimum atomic E-state index is -0.0248. The van der Waals surface area contributed by atoms with Gasteiger partial charge in [-0.2, -0.15) is 0 Å². The van der Waals surface area contributed by atoms with E-state index in [-0.39, 0.29) is 18.0 Å². The first-order valence-corrected chi connectivity index (χ1v) is 12.4. The van der Waals surface area contributed by atoms with Crippen molar-refractivity contribution in [2.75, 3.05) is 0 Å². The molecule has 1 aliphatic rings. The van der Waals surface area contributed by atoms with Crippen LogP contribution in [0.3, 0.4) is 0 Å². The summed E-state index contributed by atoms with van der Waals surface area (Å²) in [7, 11) is 0. The lowest BCUT2D eigenvalue weighted by molar-refractivity contribution is 0.0997. The second kappa shape index (κ2) is 10.5. The highest BCUT2D eigenvalue weighted by Crippen LogP contribution is 2.35. The lowest BCUT2D eigenvalue weighted by Crippen LogP contribution is -2.03. The maximum atomic E-state index is 13.5. The number of hydrogen-bond donors (Lipinski definition) is 0. The van der Waals surface area contributed by atoms with Crippen LogP contribution >= 0.6 is 23.2 Å². The molecule has 36 heavy (non-hydrogen) atoms. The van der Waals surface area contributed by atoms with Crippen LogP contribution in [0.15, 0.2) is 115 Å². The van der Waals surface area contributed by atoms with Gasteiger partial charge in [0, 0.05) is 39.6 Å². The topological polar surface area (TPSA) is 34.1 Å². The van der Waals surface area contributed by atoms with Crippen LogP contribution in [-0.2, 0) is 6.42 Å². The zero-order valence-corrected chi connectivity index (χ0v) is 20.9. The minimum Gasteiger partial charge on any atom is -0.294 e. The zero-order chi connectivity index (χ0) is 25.1. The SMILES string of the molecule is O=C(C/C(=C\C(=C1\Cc2ccccc2C1=O)c1ccc(Cl)cc1)c1ccccc1)c1ccc(Cl)cc1. The van der Waals surface area contributed by atoms with Gasteiger partial charge in [-0.05, 0) is 70.3 Å². The summed E-state index contributed by atoms with van der Waals surface area (Å²) in [4.78, 5) is 26.8. The van der Waals surface area contributed by atoms with E-state index in [4.69, 9.17) is 23.2 Å². The quantitative estimate of drug-likeness (QED) is 0.193. The molecule has 0 bridgehead atoms. The summed E-state index contributed by atoms with van der Waals surface area (Å²) in [6.45, 7) is 0. The van der Waals surface area contributed by atoms with Gasteiger partial charge in [0.1, 0.15) is 0 Å². The van der Waals surface area contributed by atoms with Gasteiger partial charge in [-0.3, -0.25) is 9.59 Å². The smallest absolute Gasteiger partial charge is 0.190 e. The number of ketones is 2. The predicted octanol–water partition coefficient (Wildman–Crippen LogP) is 8.54. The molecular formula is C32H22Cl2O2. The summed E-state index contributed by atoms with van der Waals surface area (Å²) in [5.74, 6) is -0.00787. The van der Waals surface area contributed by atoms with Crippen molar-refractivity contribution >= 4 is 45.9 Å². The fraction of sp³-hybridized carbons (Fsp3) is 0.0625. The summed E-state index contributed by atoms with van der Waals surface area (Å²) < 4.78 is 0. The summed E-state index contributed by atoms with van der Waals surface area (Å²) in [5, 5.41) is 1.20. The second-order valence-corrected chi connectivity index (χ2v) is 9.58. The van der Waals surface area contributed by atoms with Crippen LogP contribution in [0.2, 0.25) is 10.0 Å². The van der Waals surface area contributed by atoms with E-state index in [0.717, 1.165) is 33.4 Å². The highest BCUT2D eigenvalue weighted by molar-refractivity contribution is 6.31. The average molecular weight is 509 g/mol. The van der Waals surface area contributed by atoms with Gasteiger partial charge in [-0.1, -0.05) is 89.9 Å². The van der Waals surface area contributed by atoms with Crippen LogP contribution < -0.4 is 0 Å². The lowest BCUT2D eigenvalue weighted by atomic mass is 9.90. The third kappa shape index (κ3) is 5.11. The Morgan fingerprint density at radius 1 is 0.694 bits per heavy atom. The first-order valence-electron chi connectivity index (χ1n) is 11.7. The Hall–Kier alpha value is -3.72. The van der Waals surface area contributed by atoms with Gasteiger partial charge in [0.25, 0.3) is 0 Å². The van der Waals surface area contributed by atoms with Gasteiger partial charge < -0.3 is 0 Å². The van der Waals surface area contributed by atoms with Crippen molar-refractivity contribution < 1.29 is 9.59 Å². The van der Waals surface area contributed by atoms with E-state index >= 15 is 0 Å². The molecule has 0 spiro atoms. The summed E-state index contributed by atoms with van der Waals surface area (Å²) in [6, 6.07) is 31.9. The van der Waals surface area contributed by atoms with E-state index in [1.807, 2.05) is 84.9 Å². The molecule has 0 fully saturated rings. The number of carbonyl (C=O) groups is 2. The molecule has 0 saturated heterocycles. The Kier molecular flexibility index (Phi) is 6.99. The zero-order valence-electron chi connectivity index (χ0n) is 19.4. The largest absolute Gasteiger partial charge is 0.294 e. The fourth-order valence-electron chi connectivity index (χ4n) is 4.49. The van der Waals surface area contributed by atoms with Crippen LogP contribution in [0.25, 0.3) is 11.1 Å². The van der Waals surface area contributed by atoms with Crippen LogP contribution in [0.5, 0.6) is 0 Å². The van der Waals surface area contributed by atoms with E-state index in [1.54, 1.807) is 24.3 Å². The molecule has 0 unspecified atom stereocenters. The van der Waals surface area contributed by atoms with Gasteiger partial charge in [-0.15, -0.1) is 0 Å². The average Bonchev–Trinajstić information content (AvgIpc) is 3.24. The third-order valence-corrected chi connectivity index (χ3v) is 6.87. The standard InChI is InChI=1S/C32H22Cl2O2/c33-26-14-10-22(11-15-26)29(30-18-24-8-4-5-9-28(24)32(30)36)19-25(21-6-2-1-3-7-21)20-31(35)23-12-16-27(34)17-13-23/h1-17,19H,18,20H2/b25-19+,30-29+. The van der Waals surface area contributed by atoms with Crippen LogP contribution in [-0.4, -0.2) is 11.6 Å². The number of Topliss-reactive ketones (excluding diaryl/α,β-unsaturated/α-hetero) is 2. The third-order valence-electron chi connectivity index (χ3n) is 6.36. The van der Waals surface area contributed by atoms with Crippen LogP contribution in [0, 0.1) is 0 Å². The van der Waals surface area contributed by atoms with E-state index in [1.165, 1.54) is 0 Å². The van der Waals surface area contributed by atoms with Crippen molar-refractivity contribution in [2.24, 2.45) is 0 Å². The number of rotatable bonds is 6. The Bertz CT molecular complexity index is 1500. The van der Waals surface area contributed by atoms with Gasteiger partial charge in [0.15, 0.2) is 11.6 Å². The monoisotopic (exact) mass is 508 g/mol. The lowest BCUT2D eigenvalue weighted by Gasteiger charge is -2.13. The molecule has 1 aliphatic carbocycles. The number of hydrogen-bond acceptors (Lipinski definition) is 2. The Labute approximate surface area is 220 Å². The Morgan fingerprint density at radius 2 is 1.28 bits per heavy atom. The highest BCUT2D eigenvalue weighted by atomic mass is 35.5. The number of halogens is 2. The summed E-state index contributed by atoms with van der Waals surface area (Å²) in [6.07, 6.45) is 2.71. The molecule has 0 radical (unpaired) electrons. The first-order chi connectivity index (χ1) is 17.5.